The molecule has 0 aliphatic rings. The number of amides is 2. The van der Waals surface area contributed by atoms with Crippen LogP contribution in [0.1, 0.15) is 24.2 Å². The van der Waals surface area contributed by atoms with Crippen LogP contribution >= 0.6 is 11.6 Å². The molecule has 0 spiro atoms. The number of nitrogens with zero attached hydrogens (tertiary/aromatic N) is 1. The van der Waals surface area contributed by atoms with Crippen molar-refractivity contribution in [1.82, 2.24) is 4.90 Å². The van der Waals surface area contributed by atoms with Crippen molar-refractivity contribution < 1.29 is 19.8 Å². The highest BCUT2D eigenvalue weighted by molar-refractivity contribution is 6.34. The predicted octanol–water partition coefficient (Wildman–Crippen LogP) is 2.27. The highest BCUT2D eigenvalue weighted by atomic mass is 35.5. The van der Waals surface area contributed by atoms with Crippen molar-refractivity contribution in [2.75, 3.05) is 18.5 Å². The van der Waals surface area contributed by atoms with E-state index in [4.69, 9.17) is 21.8 Å². The van der Waals surface area contributed by atoms with Crippen LogP contribution in [-0.2, 0) is 0 Å². The van der Waals surface area contributed by atoms with Crippen molar-refractivity contribution in [2.24, 2.45) is 0 Å². The maximum atomic E-state index is 12.0. The van der Waals surface area contributed by atoms with Crippen molar-refractivity contribution in [2.45, 2.75) is 19.9 Å². The van der Waals surface area contributed by atoms with Gasteiger partial charge in [-0.2, -0.15) is 0 Å². The molecule has 1 aromatic rings. The number of carbonyl (C=O) groups excluding carboxylic acids is 1. The van der Waals surface area contributed by atoms with E-state index in [2.05, 4.69) is 5.32 Å². The van der Waals surface area contributed by atoms with E-state index in [1.807, 2.05) is 13.8 Å². The van der Waals surface area contributed by atoms with E-state index in [1.54, 1.807) is 0 Å². The average Bonchev–Trinajstić information content (AvgIpc) is 2.37. The molecular weight excluding hydrogens is 284 g/mol. The number of hydrogen-bond donors (Lipinski definition) is 3. The third-order valence-electron chi connectivity index (χ3n) is 2.68. The largest absolute Gasteiger partial charge is 0.478 e. The summed E-state index contributed by atoms with van der Waals surface area (Å²) >= 11 is 5.93. The first kappa shape index (κ1) is 16.3. The number of aliphatic hydroxyl groups is 1. The number of aromatic carboxylic acids is 1. The smallest absolute Gasteiger partial charge is 0.335 e. The van der Waals surface area contributed by atoms with Crippen molar-refractivity contribution in [3.05, 3.63) is 28.8 Å². The van der Waals surface area contributed by atoms with Gasteiger partial charge >= 0.3 is 12.0 Å². The van der Waals surface area contributed by atoms with Crippen LogP contribution in [-0.4, -0.2) is 46.3 Å². The van der Waals surface area contributed by atoms with Crippen LogP contribution in [0, 0.1) is 0 Å². The van der Waals surface area contributed by atoms with E-state index in [0.29, 0.717) is 5.69 Å². The Morgan fingerprint density at radius 1 is 1.40 bits per heavy atom. The first-order valence-corrected chi connectivity index (χ1v) is 6.46. The third-order valence-corrected chi connectivity index (χ3v) is 3.00. The van der Waals surface area contributed by atoms with Crippen molar-refractivity contribution in [3.8, 4) is 0 Å². The van der Waals surface area contributed by atoms with Gasteiger partial charge in [0.05, 0.1) is 22.9 Å². The van der Waals surface area contributed by atoms with Crippen molar-refractivity contribution in [1.29, 1.82) is 0 Å². The van der Waals surface area contributed by atoms with E-state index in [1.165, 1.54) is 23.1 Å². The molecule has 7 heteroatoms. The van der Waals surface area contributed by atoms with E-state index >= 15 is 0 Å². The average molecular weight is 301 g/mol. The molecule has 0 aromatic heterocycles. The molecule has 0 unspecified atom stereocenters. The molecule has 0 atom stereocenters. The highest BCUT2D eigenvalue weighted by Gasteiger charge is 2.17. The molecule has 0 fully saturated rings. The second-order valence-corrected chi connectivity index (χ2v) is 4.85. The summed E-state index contributed by atoms with van der Waals surface area (Å²) in [5.41, 5.74) is 0.370. The Kier molecular flexibility index (Phi) is 5.79. The maximum Gasteiger partial charge on any atom is 0.335 e. The van der Waals surface area contributed by atoms with Gasteiger partial charge in [0, 0.05) is 12.6 Å². The minimum Gasteiger partial charge on any atom is -0.478 e. The van der Waals surface area contributed by atoms with Gasteiger partial charge in [-0.05, 0) is 32.0 Å². The molecule has 1 rings (SSSR count). The van der Waals surface area contributed by atoms with Gasteiger partial charge in [0.15, 0.2) is 0 Å². The summed E-state index contributed by atoms with van der Waals surface area (Å²) < 4.78 is 0. The number of rotatable bonds is 5. The molecule has 1 aromatic carbocycles. The Morgan fingerprint density at radius 3 is 2.50 bits per heavy atom. The molecule has 0 saturated heterocycles. The van der Waals surface area contributed by atoms with E-state index in [-0.39, 0.29) is 29.8 Å². The first-order chi connectivity index (χ1) is 9.36. The number of carbonyl (C=O) groups is 2. The quantitative estimate of drug-likeness (QED) is 0.778. The van der Waals surface area contributed by atoms with E-state index in [0.717, 1.165) is 0 Å². The monoisotopic (exact) mass is 300 g/mol. The lowest BCUT2D eigenvalue weighted by molar-refractivity contribution is 0.0697. The van der Waals surface area contributed by atoms with E-state index < -0.39 is 12.0 Å². The Labute approximate surface area is 122 Å². The lowest BCUT2D eigenvalue weighted by Gasteiger charge is -2.26. The number of nitrogens with one attached hydrogen (secondary N) is 1. The molecule has 0 aliphatic carbocycles. The molecule has 2 amide bonds. The second kappa shape index (κ2) is 7.12. The van der Waals surface area contributed by atoms with Gasteiger partial charge in [-0.15, -0.1) is 0 Å². The molecule has 0 bridgehead atoms. The van der Waals surface area contributed by atoms with Gasteiger partial charge in [-0.1, -0.05) is 11.6 Å². The lowest BCUT2D eigenvalue weighted by Crippen LogP contribution is -2.41. The Morgan fingerprint density at radius 2 is 2.05 bits per heavy atom. The molecule has 3 N–H and O–H groups in total. The molecule has 0 heterocycles. The number of hydrogen-bond acceptors (Lipinski definition) is 3. The van der Waals surface area contributed by atoms with Crippen LogP contribution in [0.2, 0.25) is 5.02 Å². The Bertz CT molecular complexity index is 505. The van der Waals surface area contributed by atoms with Gasteiger partial charge in [0.2, 0.25) is 0 Å². The molecule has 0 aliphatic heterocycles. The van der Waals surface area contributed by atoms with Crippen LogP contribution < -0.4 is 5.32 Å². The standard InChI is InChI=1S/C13H17ClN2O4/c1-8(2)16(5-6-17)13(20)15-11-4-3-9(12(18)19)7-10(11)14/h3-4,7-8,17H,5-6H2,1-2H3,(H,15,20)(H,18,19). The number of anilines is 1. The zero-order chi connectivity index (χ0) is 15.3. The molecular formula is C13H17ClN2O4. The lowest BCUT2D eigenvalue weighted by atomic mass is 10.2. The zero-order valence-electron chi connectivity index (χ0n) is 11.3. The maximum absolute atomic E-state index is 12.0. The predicted molar refractivity (Wildman–Crippen MR) is 76.4 cm³/mol. The zero-order valence-corrected chi connectivity index (χ0v) is 12.0. The third kappa shape index (κ3) is 4.11. The summed E-state index contributed by atoms with van der Waals surface area (Å²) in [4.78, 5) is 24.3. The second-order valence-electron chi connectivity index (χ2n) is 4.44. The molecule has 20 heavy (non-hydrogen) atoms. The molecule has 6 nitrogen and oxygen atoms in total. The summed E-state index contributed by atoms with van der Waals surface area (Å²) in [5.74, 6) is -1.09. The number of aliphatic hydroxyl groups excluding tert-OH is 1. The number of halogens is 1. The fourth-order valence-corrected chi connectivity index (χ4v) is 1.87. The van der Waals surface area contributed by atoms with Gasteiger partial charge in [-0.25, -0.2) is 9.59 Å². The Balaban J connectivity index is 2.87. The van der Waals surface area contributed by atoms with Crippen LogP contribution in [0.25, 0.3) is 0 Å². The van der Waals surface area contributed by atoms with E-state index in [9.17, 15) is 9.59 Å². The van der Waals surface area contributed by atoms with Crippen LogP contribution in [0.3, 0.4) is 0 Å². The Hall–Kier alpha value is -1.79. The van der Waals surface area contributed by atoms with Gasteiger partial charge < -0.3 is 20.4 Å². The number of carboxylic acids is 1. The van der Waals surface area contributed by atoms with Gasteiger partial charge in [-0.3, -0.25) is 0 Å². The molecule has 0 saturated carbocycles. The van der Waals surface area contributed by atoms with Gasteiger partial charge in [0.1, 0.15) is 0 Å². The fourth-order valence-electron chi connectivity index (χ4n) is 1.64. The summed E-state index contributed by atoms with van der Waals surface area (Å²) in [7, 11) is 0. The van der Waals surface area contributed by atoms with Crippen LogP contribution in [0.4, 0.5) is 10.5 Å². The van der Waals surface area contributed by atoms with Gasteiger partial charge in [0.25, 0.3) is 0 Å². The van der Waals surface area contributed by atoms with Crippen LogP contribution in [0.5, 0.6) is 0 Å². The minimum atomic E-state index is -1.09. The van der Waals surface area contributed by atoms with Crippen molar-refractivity contribution >= 4 is 29.3 Å². The number of benzene rings is 1. The number of urea groups is 1. The summed E-state index contributed by atoms with van der Waals surface area (Å²) in [6, 6.07) is 3.57. The fraction of sp³-hybridized carbons (Fsp3) is 0.385. The minimum absolute atomic E-state index is 0.0454. The topological polar surface area (TPSA) is 89.9 Å². The molecule has 0 radical (unpaired) electrons. The SMILES string of the molecule is CC(C)N(CCO)C(=O)Nc1ccc(C(=O)O)cc1Cl. The summed E-state index contributed by atoms with van der Waals surface area (Å²) in [5, 5.41) is 20.5. The number of carboxylic acid groups (broad SMARTS) is 1. The summed E-state index contributed by atoms with van der Waals surface area (Å²) in [6.45, 7) is 3.71. The molecule has 110 valence electrons. The summed E-state index contributed by atoms with van der Waals surface area (Å²) in [6.07, 6.45) is 0. The van der Waals surface area contributed by atoms with Crippen LogP contribution in [0.15, 0.2) is 18.2 Å². The van der Waals surface area contributed by atoms with Crippen molar-refractivity contribution in [3.63, 3.8) is 0 Å². The highest BCUT2D eigenvalue weighted by Crippen LogP contribution is 2.23. The normalized spacial score (nSPS) is 10.4. The first-order valence-electron chi connectivity index (χ1n) is 6.08.